The van der Waals surface area contributed by atoms with Gasteiger partial charge in [0.05, 0.1) is 18.8 Å². The van der Waals surface area contributed by atoms with Crippen LogP contribution in [0.4, 0.5) is 0 Å². The number of nitrogens with zero attached hydrogens (tertiary/aromatic N) is 2. The van der Waals surface area contributed by atoms with Gasteiger partial charge in [0.1, 0.15) is 0 Å². The minimum absolute atomic E-state index is 0.385. The van der Waals surface area contributed by atoms with E-state index >= 15 is 0 Å². The van der Waals surface area contributed by atoms with Crippen molar-refractivity contribution in [3.8, 4) is 0 Å². The van der Waals surface area contributed by atoms with Crippen molar-refractivity contribution in [2.24, 2.45) is 0 Å². The monoisotopic (exact) mass is 235 g/mol. The molecule has 4 nitrogen and oxygen atoms in total. The summed E-state index contributed by atoms with van der Waals surface area (Å²) in [7, 11) is 0. The molecule has 1 aromatic heterocycles. The predicted octanol–water partition coefficient (Wildman–Crippen LogP) is 1.53. The van der Waals surface area contributed by atoms with Crippen LogP contribution in [0.15, 0.2) is 12.4 Å². The lowest BCUT2D eigenvalue weighted by molar-refractivity contribution is 0.0940. The van der Waals surface area contributed by atoms with Crippen LogP contribution in [0.25, 0.3) is 0 Å². The third kappa shape index (κ3) is 2.69. The first-order valence-corrected chi connectivity index (χ1v) is 6.76. The fourth-order valence-corrected chi connectivity index (χ4v) is 2.84. The Balaban J connectivity index is 1.60. The van der Waals surface area contributed by atoms with Crippen molar-refractivity contribution in [3.63, 3.8) is 0 Å². The van der Waals surface area contributed by atoms with Gasteiger partial charge >= 0.3 is 0 Å². The highest BCUT2D eigenvalue weighted by Gasteiger charge is 2.19. The molecular weight excluding hydrogens is 214 g/mol. The second-order valence-electron chi connectivity index (χ2n) is 5.16. The SMILES string of the molecule is c1nn(C[C@H]2CCCO2)cc1C1CCNCC1. The van der Waals surface area contributed by atoms with Crippen LogP contribution in [0.1, 0.15) is 37.2 Å². The maximum atomic E-state index is 5.64. The summed E-state index contributed by atoms with van der Waals surface area (Å²) in [5.74, 6) is 0.703. The summed E-state index contributed by atoms with van der Waals surface area (Å²) < 4.78 is 7.70. The molecule has 2 aliphatic rings. The highest BCUT2D eigenvalue weighted by atomic mass is 16.5. The van der Waals surface area contributed by atoms with Crippen LogP contribution in [0.3, 0.4) is 0 Å². The molecule has 2 aliphatic heterocycles. The van der Waals surface area contributed by atoms with Gasteiger partial charge in [-0.15, -0.1) is 0 Å². The van der Waals surface area contributed by atoms with Gasteiger partial charge in [0.2, 0.25) is 0 Å². The zero-order chi connectivity index (χ0) is 11.5. The van der Waals surface area contributed by atoms with E-state index in [-0.39, 0.29) is 0 Å². The molecule has 3 rings (SSSR count). The van der Waals surface area contributed by atoms with E-state index in [2.05, 4.69) is 21.3 Å². The molecule has 4 heteroatoms. The van der Waals surface area contributed by atoms with E-state index in [1.165, 1.54) is 31.2 Å². The Morgan fingerprint density at radius 1 is 1.35 bits per heavy atom. The van der Waals surface area contributed by atoms with E-state index in [0.717, 1.165) is 26.2 Å². The zero-order valence-corrected chi connectivity index (χ0v) is 10.3. The summed E-state index contributed by atoms with van der Waals surface area (Å²) >= 11 is 0. The third-order valence-electron chi connectivity index (χ3n) is 3.88. The molecule has 0 radical (unpaired) electrons. The molecular formula is C13H21N3O. The highest BCUT2D eigenvalue weighted by Crippen LogP contribution is 2.24. The first-order chi connectivity index (χ1) is 8.42. The van der Waals surface area contributed by atoms with Gasteiger partial charge in [0, 0.05) is 12.8 Å². The van der Waals surface area contributed by atoms with Gasteiger partial charge in [0.25, 0.3) is 0 Å². The van der Waals surface area contributed by atoms with Crippen molar-refractivity contribution in [1.29, 1.82) is 0 Å². The Hall–Kier alpha value is -0.870. The van der Waals surface area contributed by atoms with Crippen molar-refractivity contribution in [3.05, 3.63) is 18.0 Å². The molecule has 2 saturated heterocycles. The maximum Gasteiger partial charge on any atom is 0.0771 e. The molecule has 17 heavy (non-hydrogen) atoms. The molecule has 0 unspecified atom stereocenters. The normalized spacial score (nSPS) is 26.5. The number of hydrogen-bond acceptors (Lipinski definition) is 3. The Kier molecular flexibility index (Phi) is 3.43. The van der Waals surface area contributed by atoms with Crippen molar-refractivity contribution in [2.75, 3.05) is 19.7 Å². The largest absolute Gasteiger partial charge is 0.376 e. The second kappa shape index (κ2) is 5.19. The molecule has 0 amide bonds. The quantitative estimate of drug-likeness (QED) is 0.863. The van der Waals surface area contributed by atoms with E-state index in [4.69, 9.17) is 4.74 Å². The lowest BCUT2D eigenvalue weighted by Crippen LogP contribution is -2.26. The van der Waals surface area contributed by atoms with E-state index in [0.29, 0.717) is 12.0 Å². The number of piperidine rings is 1. The summed E-state index contributed by atoms with van der Waals surface area (Å²) in [5.41, 5.74) is 1.41. The summed E-state index contributed by atoms with van der Waals surface area (Å²) in [4.78, 5) is 0. The molecule has 0 aliphatic carbocycles. The van der Waals surface area contributed by atoms with Crippen molar-refractivity contribution < 1.29 is 4.74 Å². The molecule has 0 spiro atoms. The average Bonchev–Trinajstić information content (AvgIpc) is 3.02. The summed E-state index contributed by atoms with van der Waals surface area (Å²) in [5, 5.41) is 7.87. The van der Waals surface area contributed by atoms with Gasteiger partial charge in [-0.2, -0.15) is 5.10 Å². The average molecular weight is 235 g/mol. The van der Waals surface area contributed by atoms with Crippen LogP contribution >= 0.6 is 0 Å². The van der Waals surface area contributed by atoms with Crippen LogP contribution in [-0.4, -0.2) is 35.6 Å². The van der Waals surface area contributed by atoms with Crippen LogP contribution in [0, 0.1) is 0 Å². The van der Waals surface area contributed by atoms with Crippen molar-refractivity contribution >= 4 is 0 Å². The van der Waals surface area contributed by atoms with Crippen LogP contribution in [-0.2, 0) is 11.3 Å². The van der Waals surface area contributed by atoms with Gasteiger partial charge in [0.15, 0.2) is 0 Å². The molecule has 94 valence electrons. The van der Waals surface area contributed by atoms with E-state index in [9.17, 15) is 0 Å². The topological polar surface area (TPSA) is 39.1 Å². The molecule has 1 N–H and O–H groups in total. The van der Waals surface area contributed by atoms with Gasteiger partial charge in [-0.05, 0) is 50.3 Å². The van der Waals surface area contributed by atoms with E-state index in [1.54, 1.807) is 0 Å². The number of nitrogens with one attached hydrogen (secondary N) is 1. The minimum atomic E-state index is 0.385. The molecule has 0 saturated carbocycles. The fourth-order valence-electron chi connectivity index (χ4n) is 2.84. The van der Waals surface area contributed by atoms with Crippen molar-refractivity contribution in [2.45, 2.75) is 44.2 Å². The van der Waals surface area contributed by atoms with Crippen LogP contribution < -0.4 is 5.32 Å². The molecule has 0 aromatic carbocycles. The molecule has 1 atom stereocenters. The van der Waals surface area contributed by atoms with Gasteiger partial charge in [-0.25, -0.2) is 0 Å². The Labute approximate surface area is 102 Å². The number of hydrogen-bond donors (Lipinski definition) is 1. The fraction of sp³-hybridized carbons (Fsp3) is 0.769. The maximum absolute atomic E-state index is 5.64. The smallest absolute Gasteiger partial charge is 0.0771 e. The van der Waals surface area contributed by atoms with Gasteiger partial charge in [-0.3, -0.25) is 4.68 Å². The van der Waals surface area contributed by atoms with Gasteiger partial charge < -0.3 is 10.1 Å². The molecule has 0 bridgehead atoms. The summed E-state index contributed by atoms with van der Waals surface area (Å²) in [6, 6.07) is 0. The first-order valence-electron chi connectivity index (χ1n) is 6.76. The minimum Gasteiger partial charge on any atom is -0.376 e. The van der Waals surface area contributed by atoms with Crippen LogP contribution in [0.5, 0.6) is 0 Å². The van der Waals surface area contributed by atoms with Crippen molar-refractivity contribution in [1.82, 2.24) is 15.1 Å². The summed E-state index contributed by atoms with van der Waals surface area (Å²) in [6.45, 7) is 4.13. The van der Waals surface area contributed by atoms with E-state index in [1.807, 2.05) is 6.20 Å². The molecule has 3 heterocycles. The standard InChI is InChI=1S/C13H21N3O/c1-2-13(17-7-1)10-16-9-12(8-15-16)11-3-5-14-6-4-11/h8-9,11,13-14H,1-7,10H2/t13-/m1/s1. The molecule has 2 fully saturated rings. The predicted molar refractivity (Wildman–Crippen MR) is 66.0 cm³/mol. The zero-order valence-electron chi connectivity index (χ0n) is 10.3. The van der Waals surface area contributed by atoms with E-state index < -0.39 is 0 Å². The number of rotatable bonds is 3. The molecule has 1 aromatic rings. The number of ether oxygens (including phenoxy) is 1. The lowest BCUT2D eigenvalue weighted by atomic mass is 9.93. The Morgan fingerprint density at radius 3 is 3.00 bits per heavy atom. The second-order valence-corrected chi connectivity index (χ2v) is 5.16. The third-order valence-corrected chi connectivity index (χ3v) is 3.88. The Bertz CT molecular complexity index is 351. The Morgan fingerprint density at radius 2 is 2.24 bits per heavy atom. The number of aromatic nitrogens is 2. The van der Waals surface area contributed by atoms with Gasteiger partial charge in [-0.1, -0.05) is 0 Å². The summed E-state index contributed by atoms with van der Waals surface area (Å²) in [6.07, 6.45) is 9.52. The highest BCUT2D eigenvalue weighted by molar-refractivity contribution is 5.12. The lowest BCUT2D eigenvalue weighted by Gasteiger charge is -2.21. The first kappa shape index (κ1) is 11.2. The van der Waals surface area contributed by atoms with Crippen LogP contribution in [0.2, 0.25) is 0 Å².